The molecule has 0 radical (unpaired) electrons. The van der Waals surface area contributed by atoms with Gasteiger partial charge in [-0.25, -0.2) is 0 Å². The van der Waals surface area contributed by atoms with Crippen molar-refractivity contribution in [1.82, 2.24) is 0 Å². The molecule has 1 aromatic rings. The van der Waals surface area contributed by atoms with Gasteiger partial charge in [0.05, 0.1) is 18.8 Å². The maximum absolute atomic E-state index is 6.09. The molecule has 4 heteroatoms. The van der Waals surface area contributed by atoms with Gasteiger partial charge in [0.25, 0.3) is 0 Å². The highest BCUT2D eigenvalue weighted by Crippen LogP contribution is 2.25. The van der Waals surface area contributed by atoms with E-state index in [-0.39, 0.29) is 12.2 Å². The topological polar surface area (TPSA) is 44.5 Å². The Morgan fingerprint density at radius 2 is 2.06 bits per heavy atom. The van der Waals surface area contributed by atoms with E-state index in [2.05, 4.69) is 0 Å². The first-order valence-electron chi connectivity index (χ1n) is 5.28. The third-order valence-corrected chi connectivity index (χ3v) is 2.61. The maximum atomic E-state index is 6.09. The van der Waals surface area contributed by atoms with Crippen molar-refractivity contribution in [2.45, 2.75) is 19.1 Å². The Balaban J connectivity index is 2.71. The number of nitrogens with two attached hydrogens (primary N) is 1. The van der Waals surface area contributed by atoms with Gasteiger partial charge < -0.3 is 15.2 Å². The maximum Gasteiger partial charge on any atom is 0.0966 e. The molecule has 2 N–H and O–H groups in total. The first-order chi connectivity index (χ1) is 7.69. The molecule has 0 aliphatic carbocycles. The Labute approximate surface area is 101 Å². The molecule has 0 saturated heterocycles. The van der Waals surface area contributed by atoms with Crippen molar-refractivity contribution in [2.75, 3.05) is 20.3 Å². The van der Waals surface area contributed by atoms with Crippen LogP contribution in [0.15, 0.2) is 24.3 Å². The van der Waals surface area contributed by atoms with E-state index < -0.39 is 0 Å². The number of halogens is 1. The molecular weight excluding hydrogens is 226 g/mol. The molecule has 3 nitrogen and oxygen atoms in total. The summed E-state index contributed by atoms with van der Waals surface area (Å²) in [6, 6.07) is 7.58. The molecule has 0 amide bonds. The zero-order valence-electron chi connectivity index (χ0n) is 9.65. The van der Waals surface area contributed by atoms with Crippen LogP contribution in [-0.4, -0.2) is 26.4 Å². The van der Waals surface area contributed by atoms with Gasteiger partial charge in [-0.1, -0.05) is 29.8 Å². The van der Waals surface area contributed by atoms with Gasteiger partial charge in [0, 0.05) is 24.2 Å². The van der Waals surface area contributed by atoms with Crippen molar-refractivity contribution in [3.63, 3.8) is 0 Å². The molecule has 0 bridgehead atoms. The number of ether oxygens (including phenoxy) is 2. The van der Waals surface area contributed by atoms with E-state index >= 15 is 0 Å². The molecular formula is C12H18ClNO2. The van der Waals surface area contributed by atoms with Crippen LogP contribution < -0.4 is 5.73 Å². The minimum absolute atomic E-state index is 0.00479. The molecule has 0 aliphatic heterocycles. The predicted octanol–water partition coefficient (Wildman–Crippen LogP) is 2.39. The summed E-state index contributed by atoms with van der Waals surface area (Å²) in [5.41, 5.74) is 6.62. The molecule has 1 rings (SSSR count). The van der Waals surface area contributed by atoms with Crippen LogP contribution in [0, 0.1) is 0 Å². The van der Waals surface area contributed by atoms with Crippen molar-refractivity contribution < 1.29 is 9.47 Å². The van der Waals surface area contributed by atoms with Crippen molar-refractivity contribution in [1.29, 1.82) is 0 Å². The lowest BCUT2D eigenvalue weighted by atomic mass is 10.1. The van der Waals surface area contributed by atoms with Gasteiger partial charge in [-0.3, -0.25) is 0 Å². The Morgan fingerprint density at radius 1 is 1.38 bits per heavy atom. The fourth-order valence-electron chi connectivity index (χ4n) is 1.55. The van der Waals surface area contributed by atoms with E-state index in [0.29, 0.717) is 18.2 Å². The zero-order valence-corrected chi connectivity index (χ0v) is 10.4. The largest absolute Gasteiger partial charge is 0.382 e. The van der Waals surface area contributed by atoms with Crippen molar-refractivity contribution >= 4 is 11.6 Å². The number of methoxy groups -OCH3 is 1. The summed E-state index contributed by atoms with van der Waals surface area (Å²) < 4.78 is 10.8. The average Bonchev–Trinajstić information content (AvgIpc) is 2.27. The standard InChI is InChI=1S/C12H18ClNO2/c1-9(8-15-2)16-12(7-14)10-5-3-4-6-11(10)13/h3-6,9,12H,7-8,14H2,1-2H3. The predicted molar refractivity (Wildman–Crippen MR) is 65.7 cm³/mol. The van der Waals surface area contributed by atoms with Gasteiger partial charge in [-0.15, -0.1) is 0 Å². The minimum atomic E-state index is -0.182. The van der Waals surface area contributed by atoms with Crippen LogP contribution in [0.5, 0.6) is 0 Å². The Hall–Kier alpha value is -0.610. The quantitative estimate of drug-likeness (QED) is 0.835. The second kappa shape index (κ2) is 6.86. The molecule has 0 heterocycles. The third kappa shape index (κ3) is 3.76. The molecule has 0 spiro atoms. The van der Waals surface area contributed by atoms with Crippen LogP contribution in [0.4, 0.5) is 0 Å². The Morgan fingerprint density at radius 3 is 2.62 bits per heavy atom. The summed E-state index contributed by atoms with van der Waals surface area (Å²) in [5.74, 6) is 0. The van der Waals surface area contributed by atoms with Gasteiger partial charge >= 0.3 is 0 Å². The van der Waals surface area contributed by atoms with Crippen LogP contribution in [0.3, 0.4) is 0 Å². The minimum Gasteiger partial charge on any atom is -0.382 e. The molecule has 90 valence electrons. The third-order valence-electron chi connectivity index (χ3n) is 2.26. The number of benzene rings is 1. The van der Waals surface area contributed by atoms with E-state index in [1.807, 2.05) is 31.2 Å². The molecule has 0 saturated carbocycles. The smallest absolute Gasteiger partial charge is 0.0966 e. The molecule has 0 aromatic heterocycles. The van der Waals surface area contributed by atoms with Gasteiger partial charge in [0.15, 0.2) is 0 Å². The summed E-state index contributed by atoms with van der Waals surface area (Å²) in [6.45, 7) is 2.89. The van der Waals surface area contributed by atoms with Crippen molar-refractivity contribution in [3.05, 3.63) is 34.9 Å². The molecule has 16 heavy (non-hydrogen) atoms. The highest BCUT2D eigenvalue weighted by molar-refractivity contribution is 6.31. The molecule has 1 aromatic carbocycles. The summed E-state index contributed by atoms with van der Waals surface area (Å²) in [4.78, 5) is 0. The molecule has 0 aliphatic rings. The van der Waals surface area contributed by atoms with Crippen LogP contribution >= 0.6 is 11.6 Å². The fraction of sp³-hybridized carbons (Fsp3) is 0.500. The van der Waals surface area contributed by atoms with Gasteiger partial charge in [-0.05, 0) is 13.0 Å². The van der Waals surface area contributed by atoms with Crippen molar-refractivity contribution in [2.24, 2.45) is 5.73 Å². The monoisotopic (exact) mass is 243 g/mol. The van der Waals surface area contributed by atoms with E-state index in [1.165, 1.54) is 0 Å². The summed E-state index contributed by atoms with van der Waals surface area (Å²) in [6.07, 6.45) is -0.186. The van der Waals surface area contributed by atoms with E-state index in [9.17, 15) is 0 Å². The Kier molecular flexibility index (Phi) is 5.77. The second-order valence-corrected chi connectivity index (χ2v) is 4.06. The van der Waals surface area contributed by atoms with Crippen LogP contribution in [0.25, 0.3) is 0 Å². The van der Waals surface area contributed by atoms with Gasteiger partial charge in [-0.2, -0.15) is 0 Å². The summed E-state index contributed by atoms with van der Waals surface area (Å²) in [5, 5.41) is 0.683. The molecule has 2 atom stereocenters. The second-order valence-electron chi connectivity index (χ2n) is 3.65. The summed E-state index contributed by atoms with van der Waals surface area (Å²) >= 11 is 6.09. The van der Waals surface area contributed by atoms with Crippen molar-refractivity contribution in [3.8, 4) is 0 Å². The Bertz CT molecular complexity index is 320. The van der Waals surface area contributed by atoms with Gasteiger partial charge in [0.1, 0.15) is 0 Å². The fourth-order valence-corrected chi connectivity index (χ4v) is 1.80. The van der Waals surface area contributed by atoms with Crippen LogP contribution in [0.1, 0.15) is 18.6 Å². The lowest BCUT2D eigenvalue weighted by Crippen LogP contribution is -2.24. The lowest BCUT2D eigenvalue weighted by molar-refractivity contribution is -0.0361. The zero-order chi connectivity index (χ0) is 12.0. The summed E-state index contributed by atoms with van der Waals surface area (Å²) in [7, 11) is 1.65. The number of hydrogen-bond donors (Lipinski definition) is 1. The van der Waals surface area contributed by atoms with Crippen LogP contribution in [-0.2, 0) is 9.47 Å². The van der Waals surface area contributed by atoms with E-state index in [4.69, 9.17) is 26.8 Å². The highest BCUT2D eigenvalue weighted by atomic mass is 35.5. The lowest BCUT2D eigenvalue weighted by Gasteiger charge is -2.22. The van der Waals surface area contributed by atoms with E-state index in [1.54, 1.807) is 7.11 Å². The normalized spacial score (nSPS) is 14.8. The highest BCUT2D eigenvalue weighted by Gasteiger charge is 2.16. The average molecular weight is 244 g/mol. The number of rotatable bonds is 6. The molecule has 2 unspecified atom stereocenters. The molecule has 0 fully saturated rings. The first-order valence-corrected chi connectivity index (χ1v) is 5.65. The first kappa shape index (κ1) is 13.5. The van der Waals surface area contributed by atoms with E-state index in [0.717, 1.165) is 5.56 Å². The van der Waals surface area contributed by atoms with Gasteiger partial charge in [0.2, 0.25) is 0 Å². The SMILES string of the molecule is COCC(C)OC(CN)c1ccccc1Cl. The van der Waals surface area contributed by atoms with Crippen LogP contribution in [0.2, 0.25) is 5.02 Å². The number of hydrogen-bond acceptors (Lipinski definition) is 3.